The van der Waals surface area contributed by atoms with E-state index in [4.69, 9.17) is 18.5 Å². The number of carbonyl (C=O) groups excluding carboxylic acids is 2. The number of phosphoric acid groups is 1. The molecule has 0 aromatic rings. The third-order valence-electron chi connectivity index (χ3n) is 16.1. The molecule has 0 aromatic carbocycles. The summed E-state index contributed by atoms with van der Waals surface area (Å²) in [6, 6.07) is 0. The van der Waals surface area contributed by atoms with Crippen molar-refractivity contribution in [2.45, 2.75) is 302 Å². The maximum atomic E-state index is 12.9. The fourth-order valence-corrected chi connectivity index (χ4v) is 10.9. The number of hydrogen-bond donors (Lipinski definition) is 0. The monoisotopic (exact) mass is 1370 g/mol. The van der Waals surface area contributed by atoms with Gasteiger partial charge in [-0.15, -0.1) is 0 Å². The molecule has 0 radical (unpaired) electrons. The zero-order valence-corrected chi connectivity index (χ0v) is 64.0. The maximum absolute atomic E-state index is 12.9. The first kappa shape index (κ1) is 92.8. The van der Waals surface area contributed by atoms with Crippen LogP contribution in [0.5, 0.6) is 0 Å². The summed E-state index contributed by atoms with van der Waals surface area (Å²) in [5, 5.41) is 0. The Balaban J connectivity index is 4.10. The van der Waals surface area contributed by atoms with Crippen LogP contribution in [0.15, 0.2) is 194 Å². The van der Waals surface area contributed by atoms with Crippen molar-refractivity contribution >= 4 is 19.8 Å². The van der Waals surface area contributed by atoms with Gasteiger partial charge in [-0.25, -0.2) is 0 Å². The van der Waals surface area contributed by atoms with Crippen LogP contribution in [-0.2, 0) is 32.7 Å². The molecule has 2 atom stereocenters. The molecular formula is C88H144NO8P. The van der Waals surface area contributed by atoms with E-state index in [0.29, 0.717) is 17.4 Å². The summed E-state index contributed by atoms with van der Waals surface area (Å²) in [6.07, 6.45) is 118. The molecule has 554 valence electrons. The predicted molar refractivity (Wildman–Crippen MR) is 424 cm³/mol. The molecule has 98 heavy (non-hydrogen) atoms. The lowest BCUT2D eigenvalue weighted by atomic mass is 10.0. The standard InChI is InChI=1S/C88H144NO8P/c1-6-8-10-12-14-16-18-20-22-24-26-28-30-32-34-36-38-40-42-44-46-48-50-52-54-56-58-60-62-64-66-68-70-72-74-76-78-80-87(90)94-84-86(85-96-98(92,93)95-83-82-89(3,4)5)97-88(91)81-79-77-75-73-71-69-67-65-63-61-59-57-55-53-51-49-47-45-43-41-39-37-35-33-31-29-27-25-23-21-19-17-15-13-11-9-7-2/h8-11,14-17,20-23,26-29,32-35,39,41,45,47,51,53,57,59,63,65,69,71,86H,6-7,12-13,18-19,24-25,30-31,36-38,40,42-44,46,48-50,52,54-56,58,60-62,64,66-68,70,72-85H2,1-5H3/b10-8-,11-9-,16-14-,17-15-,22-20-,23-21-,28-26-,29-27-,34-32-,35-33-,41-39-,47-45-,53-51-,59-57-,65-63-,71-69-. The molecule has 0 aromatic heterocycles. The Bertz CT molecular complexity index is 2360. The molecule has 0 saturated carbocycles. The van der Waals surface area contributed by atoms with E-state index in [-0.39, 0.29) is 26.1 Å². The number of ether oxygens (including phenoxy) is 2. The summed E-state index contributed by atoms with van der Waals surface area (Å²) in [5.41, 5.74) is 0. The first-order valence-electron chi connectivity index (χ1n) is 39.1. The fraction of sp³-hybridized carbons (Fsp3) is 0.614. The van der Waals surface area contributed by atoms with Crippen molar-refractivity contribution in [2.24, 2.45) is 0 Å². The summed E-state index contributed by atoms with van der Waals surface area (Å²) >= 11 is 0. The third-order valence-corrected chi connectivity index (χ3v) is 17.1. The number of quaternary nitrogens is 1. The zero-order chi connectivity index (χ0) is 71.1. The largest absolute Gasteiger partial charge is 0.756 e. The Morgan fingerprint density at radius 2 is 0.551 bits per heavy atom. The zero-order valence-electron chi connectivity index (χ0n) is 63.2. The van der Waals surface area contributed by atoms with E-state index in [1.165, 1.54) is 122 Å². The van der Waals surface area contributed by atoms with Crippen molar-refractivity contribution in [3.8, 4) is 0 Å². The van der Waals surface area contributed by atoms with E-state index in [2.05, 4.69) is 208 Å². The van der Waals surface area contributed by atoms with E-state index in [9.17, 15) is 19.0 Å². The van der Waals surface area contributed by atoms with Crippen molar-refractivity contribution < 1.29 is 42.1 Å². The number of esters is 2. The molecule has 0 aliphatic rings. The van der Waals surface area contributed by atoms with Crippen LogP contribution in [0.2, 0.25) is 0 Å². The molecule has 2 unspecified atom stereocenters. The number of unbranched alkanes of at least 4 members (excludes halogenated alkanes) is 24. The molecule has 0 bridgehead atoms. The second-order valence-corrected chi connectivity index (χ2v) is 28.0. The quantitative estimate of drug-likeness (QED) is 0.0195. The Morgan fingerprint density at radius 1 is 0.316 bits per heavy atom. The minimum atomic E-state index is -4.67. The number of nitrogens with zero attached hydrogens (tertiary/aromatic N) is 1. The summed E-state index contributed by atoms with van der Waals surface area (Å²) < 4.78 is 34.3. The molecule has 0 aliphatic carbocycles. The van der Waals surface area contributed by atoms with Gasteiger partial charge in [0, 0.05) is 12.8 Å². The predicted octanol–water partition coefficient (Wildman–Crippen LogP) is 25.8. The van der Waals surface area contributed by atoms with Crippen LogP contribution in [0.1, 0.15) is 296 Å². The highest BCUT2D eigenvalue weighted by molar-refractivity contribution is 7.45. The highest BCUT2D eigenvalue weighted by Crippen LogP contribution is 2.38. The van der Waals surface area contributed by atoms with Crippen LogP contribution in [0.25, 0.3) is 0 Å². The van der Waals surface area contributed by atoms with Gasteiger partial charge in [0.1, 0.15) is 19.8 Å². The van der Waals surface area contributed by atoms with Crippen molar-refractivity contribution in [1.29, 1.82) is 0 Å². The number of hydrogen-bond acceptors (Lipinski definition) is 8. The lowest BCUT2D eigenvalue weighted by molar-refractivity contribution is -0.870. The van der Waals surface area contributed by atoms with Crippen LogP contribution in [0.4, 0.5) is 0 Å². The molecule has 0 N–H and O–H groups in total. The van der Waals surface area contributed by atoms with Crippen molar-refractivity contribution in [2.75, 3.05) is 47.5 Å². The summed E-state index contributed by atoms with van der Waals surface area (Å²) in [7, 11) is 1.13. The molecule has 0 heterocycles. The van der Waals surface area contributed by atoms with E-state index < -0.39 is 32.5 Å². The molecule has 9 nitrogen and oxygen atoms in total. The first-order chi connectivity index (χ1) is 48.0. The number of phosphoric ester groups is 1. The van der Waals surface area contributed by atoms with Gasteiger partial charge < -0.3 is 27.9 Å². The molecule has 0 fully saturated rings. The summed E-state index contributed by atoms with van der Waals surface area (Å²) in [4.78, 5) is 38.2. The van der Waals surface area contributed by atoms with E-state index >= 15 is 0 Å². The Morgan fingerprint density at radius 3 is 0.827 bits per heavy atom. The van der Waals surface area contributed by atoms with Crippen molar-refractivity contribution in [3.05, 3.63) is 194 Å². The molecule has 0 amide bonds. The minimum Gasteiger partial charge on any atom is -0.756 e. The van der Waals surface area contributed by atoms with Gasteiger partial charge in [-0.1, -0.05) is 337 Å². The second kappa shape index (κ2) is 76.0. The maximum Gasteiger partial charge on any atom is 0.306 e. The average molecular weight is 1380 g/mol. The highest BCUT2D eigenvalue weighted by Gasteiger charge is 2.22. The number of rotatable bonds is 70. The molecule has 10 heteroatoms. The van der Waals surface area contributed by atoms with Crippen LogP contribution in [-0.4, -0.2) is 70.0 Å². The molecule has 0 aliphatic heterocycles. The van der Waals surface area contributed by atoms with Crippen LogP contribution in [0.3, 0.4) is 0 Å². The van der Waals surface area contributed by atoms with Crippen LogP contribution in [0, 0.1) is 0 Å². The molecule has 0 rings (SSSR count). The normalized spacial score (nSPS) is 14.1. The van der Waals surface area contributed by atoms with Gasteiger partial charge in [-0.3, -0.25) is 14.2 Å². The van der Waals surface area contributed by atoms with E-state index in [0.717, 1.165) is 141 Å². The third kappa shape index (κ3) is 79.8. The summed E-state index contributed by atoms with van der Waals surface area (Å²) in [5.74, 6) is -0.876. The van der Waals surface area contributed by atoms with E-state index in [1.54, 1.807) is 0 Å². The highest BCUT2D eigenvalue weighted by atomic mass is 31.2. The van der Waals surface area contributed by atoms with Crippen LogP contribution < -0.4 is 4.89 Å². The number of likely N-dealkylation sites (N-methyl/N-ethyl adjacent to an activating group) is 1. The Hall–Kier alpha value is -5.15. The van der Waals surface area contributed by atoms with Gasteiger partial charge in [-0.05, 0) is 141 Å². The fourth-order valence-electron chi connectivity index (χ4n) is 10.2. The lowest BCUT2D eigenvalue weighted by Crippen LogP contribution is -2.37. The number of allylic oxidation sites excluding steroid dienone is 32. The first-order valence-corrected chi connectivity index (χ1v) is 40.6. The SMILES string of the molecule is CC/C=C\C/C=C\C/C=C\C/C=C\C/C=C\C/C=C\C/C=C\C/C=C\C/C=C\C/C=C\C/C=C\CCCCCC(=O)OC(COC(=O)CCCCCCCCCCCCCCCCCCCCCCC/C=C\C/C=C\C/C=C\C/C=C\C/C=C\CC)COP(=O)([O-])OCC[N+](C)(C)C. The number of carbonyl (C=O) groups is 2. The van der Waals surface area contributed by atoms with Gasteiger partial charge in [0.15, 0.2) is 6.10 Å². The van der Waals surface area contributed by atoms with Gasteiger partial charge in [0.25, 0.3) is 7.82 Å². The van der Waals surface area contributed by atoms with Gasteiger partial charge in [-0.2, -0.15) is 0 Å². The topological polar surface area (TPSA) is 111 Å². The minimum absolute atomic E-state index is 0.0462. The Kier molecular flexibility index (Phi) is 72.0. The second-order valence-electron chi connectivity index (χ2n) is 26.6. The van der Waals surface area contributed by atoms with Crippen LogP contribution >= 0.6 is 7.82 Å². The Labute approximate surface area is 603 Å². The van der Waals surface area contributed by atoms with Gasteiger partial charge in [0.2, 0.25) is 0 Å². The van der Waals surface area contributed by atoms with Gasteiger partial charge in [0.05, 0.1) is 27.7 Å². The van der Waals surface area contributed by atoms with Crippen molar-refractivity contribution in [3.63, 3.8) is 0 Å². The van der Waals surface area contributed by atoms with Gasteiger partial charge >= 0.3 is 11.9 Å². The molecule has 0 saturated heterocycles. The van der Waals surface area contributed by atoms with Crippen molar-refractivity contribution in [1.82, 2.24) is 0 Å². The molecular weight excluding hydrogens is 1230 g/mol. The molecule has 0 spiro atoms. The summed E-state index contributed by atoms with van der Waals surface area (Å²) in [6.45, 7) is 3.97. The smallest absolute Gasteiger partial charge is 0.306 e. The average Bonchev–Trinajstić information content (AvgIpc) is 1.08. The van der Waals surface area contributed by atoms with E-state index in [1.807, 2.05) is 21.1 Å². The lowest BCUT2D eigenvalue weighted by Gasteiger charge is -2.28.